The largest absolute Gasteiger partial charge is 0.389 e. The van der Waals surface area contributed by atoms with E-state index in [4.69, 9.17) is 0 Å². The lowest BCUT2D eigenvalue weighted by Gasteiger charge is -2.10. The van der Waals surface area contributed by atoms with Crippen molar-refractivity contribution in [1.82, 2.24) is 0 Å². The van der Waals surface area contributed by atoms with E-state index in [1.165, 1.54) is 0 Å². The van der Waals surface area contributed by atoms with E-state index in [2.05, 4.69) is 4.74 Å². The monoisotopic (exact) mass is 220 g/mol. The highest BCUT2D eigenvalue weighted by atomic mass is 19.4. The molecule has 0 radical (unpaired) electrons. The second-order valence-electron chi connectivity index (χ2n) is 3.15. The molecular formula is C8H13F5O. The summed E-state index contributed by atoms with van der Waals surface area (Å²) in [6, 6.07) is 0. The lowest BCUT2D eigenvalue weighted by atomic mass is 10.3. The van der Waals surface area contributed by atoms with Crippen LogP contribution in [-0.2, 0) is 4.74 Å². The maximum Gasteiger partial charge on any atom is 0.389 e. The first-order chi connectivity index (χ1) is 6.21. The van der Waals surface area contributed by atoms with Crippen LogP contribution in [0.2, 0.25) is 0 Å². The van der Waals surface area contributed by atoms with Gasteiger partial charge in [-0.15, -0.1) is 0 Å². The van der Waals surface area contributed by atoms with Gasteiger partial charge < -0.3 is 4.74 Å². The van der Waals surface area contributed by atoms with Crippen LogP contribution in [0.1, 0.15) is 26.2 Å². The fraction of sp³-hybridized carbons (Fsp3) is 1.00. The highest BCUT2D eigenvalue weighted by Gasteiger charge is 2.26. The van der Waals surface area contributed by atoms with Crippen molar-refractivity contribution in [2.24, 2.45) is 0 Å². The molecule has 0 aromatic heterocycles. The molecule has 0 heterocycles. The third-order valence-electron chi connectivity index (χ3n) is 1.43. The Morgan fingerprint density at radius 2 is 1.50 bits per heavy atom. The number of hydrogen-bond acceptors (Lipinski definition) is 1. The van der Waals surface area contributed by atoms with Gasteiger partial charge in [0.1, 0.15) is 0 Å². The van der Waals surface area contributed by atoms with Gasteiger partial charge in [-0.1, -0.05) is 0 Å². The first-order valence-electron chi connectivity index (χ1n) is 4.23. The topological polar surface area (TPSA) is 9.23 Å². The van der Waals surface area contributed by atoms with Crippen molar-refractivity contribution < 1.29 is 26.7 Å². The van der Waals surface area contributed by atoms with Crippen LogP contribution in [-0.4, -0.2) is 25.3 Å². The molecule has 6 heteroatoms. The molecule has 0 N–H and O–H groups in total. The number of ether oxygens (including phenoxy) is 1. The van der Waals surface area contributed by atoms with E-state index in [1.807, 2.05) is 0 Å². The van der Waals surface area contributed by atoms with Crippen LogP contribution in [0.5, 0.6) is 0 Å². The maximum atomic E-state index is 12.2. The molecule has 0 amide bonds. The minimum absolute atomic E-state index is 0.129. The lowest BCUT2D eigenvalue weighted by Crippen LogP contribution is -2.14. The molecule has 0 aliphatic heterocycles. The third kappa shape index (κ3) is 11.6. The highest BCUT2D eigenvalue weighted by molar-refractivity contribution is 4.56. The van der Waals surface area contributed by atoms with Crippen LogP contribution in [0.25, 0.3) is 0 Å². The van der Waals surface area contributed by atoms with Crippen LogP contribution in [0.15, 0.2) is 0 Å². The Bertz CT molecular complexity index is 131. The van der Waals surface area contributed by atoms with E-state index in [0.717, 1.165) is 6.92 Å². The van der Waals surface area contributed by atoms with Crippen LogP contribution in [0, 0.1) is 0 Å². The summed E-state index contributed by atoms with van der Waals surface area (Å²) in [4.78, 5) is 0. The summed E-state index contributed by atoms with van der Waals surface area (Å²) in [5, 5.41) is 0. The minimum Gasteiger partial charge on any atom is -0.381 e. The number of hydrogen-bond donors (Lipinski definition) is 0. The van der Waals surface area contributed by atoms with E-state index in [-0.39, 0.29) is 19.6 Å². The zero-order valence-electron chi connectivity index (χ0n) is 7.83. The molecule has 0 unspecified atom stereocenters. The van der Waals surface area contributed by atoms with Gasteiger partial charge in [0, 0.05) is 19.4 Å². The number of alkyl halides is 5. The van der Waals surface area contributed by atoms with Crippen molar-refractivity contribution in [1.29, 1.82) is 0 Å². The second kappa shape index (κ2) is 5.48. The molecule has 0 rings (SSSR count). The Labute approximate surface area is 79.2 Å². The summed E-state index contributed by atoms with van der Waals surface area (Å²) >= 11 is 0. The first kappa shape index (κ1) is 13.6. The lowest BCUT2D eigenvalue weighted by molar-refractivity contribution is -0.138. The highest BCUT2D eigenvalue weighted by Crippen LogP contribution is 2.21. The molecule has 0 aliphatic carbocycles. The van der Waals surface area contributed by atoms with Gasteiger partial charge in [-0.25, -0.2) is 8.78 Å². The molecule has 0 aromatic rings. The minimum atomic E-state index is -4.20. The predicted octanol–water partition coefficient (Wildman–Crippen LogP) is 3.39. The average Bonchev–Trinajstić information content (AvgIpc) is 1.92. The van der Waals surface area contributed by atoms with E-state index < -0.39 is 24.9 Å². The summed E-state index contributed by atoms with van der Waals surface area (Å²) in [6.07, 6.45) is -5.77. The Balaban J connectivity index is 3.23. The van der Waals surface area contributed by atoms with Crippen LogP contribution in [0.3, 0.4) is 0 Å². The van der Waals surface area contributed by atoms with Gasteiger partial charge in [0.15, 0.2) is 0 Å². The predicted molar refractivity (Wildman–Crippen MR) is 41.3 cm³/mol. The number of halogens is 5. The molecule has 0 saturated heterocycles. The van der Waals surface area contributed by atoms with Crippen molar-refractivity contribution in [2.45, 2.75) is 38.3 Å². The van der Waals surface area contributed by atoms with Crippen molar-refractivity contribution >= 4 is 0 Å². The second-order valence-corrected chi connectivity index (χ2v) is 3.15. The fourth-order valence-electron chi connectivity index (χ4n) is 0.728. The number of rotatable bonds is 6. The normalized spacial score (nSPS) is 13.3. The first-order valence-corrected chi connectivity index (χ1v) is 4.23. The molecule has 0 atom stereocenters. The van der Waals surface area contributed by atoms with Crippen molar-refractivity contribution in [3.05, 3.63) is 0 Å². The van der Waals surface area contributed by atoms with Gasteiger partial charge in [-0.3, -0.25) is 0 Å². The molecular weight excluding hydrogens is 207 g/mol. The molecule has 1 nitrogen and oxygen atoms in total. The van der Waals surface area contributed by atoms with Gasteiger partial charge >= 0.3 is 6.18 Å². The van der Waals surface area contributed by atoms with E-state index >= 15 is 0 Å². The molecule has 0 aromatic carbocycles. The van der Waals surface area contributed by atoms with Crippen molar-refractivity contribution in [3.63, 3.8) is 0 Å². The van der Waals surface area contributed by atoms with Gasteiger partial charge in [0.2, 0.25) is 5.92 Å². The molecule has 86 valence electrons. The molecule has 0 spiro atoms. The Hall–Kier alpha value is -0.390. The van der Waals surface area contributed by atoms with Crippen LogP contribution >= 0.6 is 0 Å². The van der Waals surface area contributed by atoms with Crippen LogP contribution in [0.4, 0.5) is 22.0 Å². The van der Waals surface area contributed by atoms with Gasteiger partial charge in [0.25, 0.3) is 0 Å². The molecule has 14 heavy (non-hydrogen) atoms. The molecule has 0 bridgehead atoms. The molecule has 0 saturated carbocycles. The standard InChI is InChI=1S/C8H13F5O/c1-7(9,10)4-6-14-5-2-3-8(11,12)13/h2-6H2,1H3. The van der Waals surface area contributed by atoms with Gasteiger partial charge in [-0.05, 0) is 13.3 Å². The van der Waals surface area contributed by atoms with Crippen LogP contribution < -0.4 is 0 Å². The van der Waals surface area contributed by atoms with Gasteiger partial charge in [0.05, 0.1) is 6.61 Å². The van der Waals surface area contributed by atoms with E-state index in [1.54, 1.807) is 0 Å². The SMILES string of the molecule is CC(F)(F)CCOCCCC(F)(F)F. The Kier molecular flexibility index (Phi) is 5.33. The summed E-state index contributed by atoms with van der Waals surface area (Å²) in [7, 11) is 0. The molecule has 0 fully saturated rings. The van der Waals surface area contributed by atoms with Crippen molar-refractivity contribution in [3.8, 4) is 0 Å². The third-order valence-corrected chi connectivity index (χ3v) is 1.43. The maximum absolute atomic E-state index is 12.2. The van der Waals surface area contributed by atoms with Crippen molar-refractivity contribution in [2.75, 3.05) is 13.2 Å². The van der Waals surface area contributed by atoms with E-state index in [9.17, 15) is 22.0 Å². The fourth-order valence-corrected chi connectivity index (χ4v) is 0.728. The van der Waals surface area contributed by atoms with E-state index in [0.29, 0.717) is 0 Å². The van der Waals surface area contributed by atoms with Gasteiger partial charge in [-0.2, -0.15) is 13.2 Å². The zero-order valence-corrected chi connectivity index (χ0v) is 7.83. The Morgan fingerprint density at radius 3 is 1.93 bits per heavy atom. The summed E-state index contributed by atoms with van der Waals surface area (Å²) < 4.78 is 63.7. The summed E-state index contributed by atoms with van der Waals surface area (Å²) in [6.45, 7) is 0.406. The Morgan fingerprint density at radius 1 is 0.929 bits per heavy atom. The molecule has 0 aliphatic rings. The smallest absolute Gasteiger partial charge is 0.381 e. The quantitative estimate of drug-likeness (QED) is 0.492. The summed E-state index contributed by atoms with van der Waals surface area (Å²) in [5.74, 6) is -2.82. The zero-order chi connectivity index (χ0) is 11.2. The summed E-state index contributed by atoms with van der Waals surface area (Å²) in [5.41, 5.74) is 0. The average molecular weight is 220 g/mol.